The van der Waals surface area contributed by atoms with E-state index in [1.807, 2.05) is 6.07 Å². The first-order chi connectivity index (χ1) is 14.5. The molecule has 30 heavy (non-hydrogen) atoms. The molecule has 0 saturated heterocycles. The summed E-state index contributed by atoms with van der Waals surface area (Å²) in [6.45, 7) is 1.76. The van der Waals surface area contributed by atoms with Crippen molar-refractivity contribution in [2.75, 3.05) is 19.8 Å². The van der Waals surface area contributed by atoms with Crippen molar-refractivity contribution in [2.24, 2.45) is 0 Å². The molecule has 8 heteroatoms. The van der Waals surface area contributed by atoms with Crippen molar-refractivity contribution in [3.8, 4) is 17.6 Å². The molecule has 0 fully saturated rings. The summed E-state index contributed by atoms with van der Waals surface area (Å²) in [5.41, 5.74) is 0.332. The predicted molar refractivity (Wildman–Crippen MR) is 107 cm³/mol. The van der Waals surface area contributed by atoms with Crippen molar-refractivity contribution < 1.29 is 28.5 Å². The van der Waals surface area contributed by atoms with Crippen LogP contribution >= 0.6 is 0 Å². The van der Waals surface area contributed by atoms with E-state index in [4.69, 9.17) is 23.9 Å². The third-order valence-electron chi connectivity index (χ3n) is 4.04. The predicted octanol–water partition coefficient (Wildman–Crippen LogP) is 2.66. The number of esters is 1. The Kier molecular flexibility index (Phi) is 6.67. The molecule has 1 N–H and O–H groups in total. The topological polar surface area (TPSA) is 119 Å². The number of aliphatic hydroxyl groups excluding tert-OH is 1. The van der Waals surface area contributed by atoms with E-state index in [2.05, 4.69) is 0 Å². The molecular formula is C22H19NO7. The van der Waals surface area contributed by atoms with Crippen molar-refractivity contribution in [1.82, 2.24) is 0 Å². The monoisotopic (exact) mass is 409 g/mol. The van der Waals surface area contributed by atoms with Crippen LogP contribution in [0.3, 0.4) is 0 Å². The van der Waals surface area contributed by atoms with Gasteiger partial charge < -0.3 is 23.7 Å². The number of ether oxygens (including phenoxy) is 3. The standard InChI is InChI=1S/C22H19NO7/c1-2-27-22(26)21-10-19(25)18-9-17(7-8-20(18)30-21)29-13-15(24)12-28-16-5-3-14(11-23)4-6-16/h3-10,15,24H,2,12-13H2,1H3. The molecule has 0 aliphatic heterocycles. The molecule has 0 bridgehead atoms. The van der Waals surface area contributed by atoms with Crippen LogP contribution in [0.5, 0.6) is 11.5 Å². The van der Waals surface area contributed by atoms with E-state index < -0.39 is 17.5 Å². The summed E-state index contributed by atoms with van der Waals surface area (Å²) in [5.74, 6) is 0.00507. The van der Waals surface area contributed by atoms with E-state index >= 15 is 0 Å². The summed E-state index contributed by atoms with van der Waals surface area (Å²) in [6.07, 6.45) is -0.918. The SMILES string of the molecule is CCOC(=O)c1cc(=O)c2cc(OCC(O)COc3ccc(C#N)cc3)ccc2o1. The first-order valence-electron chi connectivity index (χ1n) is 9.19. The van der Waals surface area contributed by atoms with E-state index in [9.17, 15) is 14.7 Å². The van der Waals surface area contributed by atoms with Gasteiger partial charge in [0.1, 0.15) is 36.4 Å². The Balaban J connectivity index is 1.60. The molecular weight excluding hydrogens is 390 g/mol. The lowest BCUT2D eigenvalue weighted by molar-refractivity contribution is 0.0490. The summed E-state index contributed by atoms with van der Waals surface area (Å²) in [6, 6.07) is 14.1. The molecule has 1 aromatic heterocycles. The zero-order valence-corrected chi connectivity index (χ0v) is 16.2. The number of hydrogen-bond acceptors (Lipinski definition) is 8. The number of nitrogens with zero attached hydrogens (tertiary/aromatic N) is 1. The molecule has 0 aliphatic rings. The van der Waals surface area contributed by atoms with Gasteiger partial charge >= 0.3 is 5.97 Å². The lowest BCUT2D eigenvalue weighted by Gasteiger charge is -2.14. The Morgan fingerprint density at radius 2 is 1.77 bits per heavy atom. The quantitative estimate of drug-likeness (QED) is 0.564. The van der Waals surface area contributed by atoms with E-state index in [1.54, 1.807) is 37.3 Å². The maximum atomic E-state index is 12.3. The van der Waals surface area contributed by atoms with Gasteiger partial charge in [-0.05, 0) is 49.4 Å². The van der Waals surface area contributed by atoms with Gasteiger partial charge in [0.2, 0.25) is 5.76 Å². The number of aliphatic hydroxyl groups is 1. The molecule has 1 unspecified atom stereocenters. The number of carbonyl (C=O) groups excluding carboxylic acids is 1. The minimum atomic E-state index is -0.918. The van der Waals surface area contributed by atoms with E-state index in [1.165, 1.54) is 12.1 Å². The number of fused-ring (bicyclic) bond motifs is 1. The van der Waals surface area contributed by atoms with Crippen molar-refractivity contribution in [2.45, 2.75) is 13.0 Å². The van der Waals surface area contributed by atoms with Gasteiger partial charge in [-0.15, -0.1) is 0 Å². The fourth-order valence-electron chi connectivity index (χ4n) is 2.59. The zero-order valence-electron chi connectivity index (χ0n) is 16.2. The second-order valence-electron chi connectivity index (χ2n) is 6.27. The molecule has 0 saturated carbocycles. The lowest BCUT2D eigenvalue weighted by Crippen LogP contribution is -2.25. The zero-order chi connectivity index (χ0) is 21.5. The summed E-state index contributed by atoms with van der Waals surface area (Å²) in [4.78, 5) is 24.0. The highest BCUT2D eigenvalue weighted by atomic mass is 16.5. The number of carbonyl (C=O) groups is 1. The van der Waals surface area contributed by atoms with Gasteiger partial charge in [0.25, 0.3) is 0 Å². The van der Waals surface area contributed by atoms with Crippen LogP contribution in [0.15, 0.2) is 57.7 Å². The highest BCUT2D eigenvalue weighted by Crippen LogP contribution is 2.20. The van der Waals surface area contributed by atoms with Crippen LogP contribution in [0.1, 0.15) is 23.0 Å². The Morgan fingerprint density at radius 3 is 2.43 bits per heavy atom. The van der Waals surface area contributed by atoms with Crippen LogP contribution < -0.4 is 14.9 Å². The van der Waals surface area contributed by atoms with Crippen LogP contribution in [-0.2, 0) is 4.74 Å². The highest BCUT2D eigenvalue weighted by Gasteiger charge is 2.14. The number of nitriles is 1. The molecule has 0 spiro atoms. The minimum absolute atomic E-state index is 0.00940. The van der Waals surface area contributed by atoms with Crippen molar-refractivity contribution in [3.05, 3.63) is 70.1 Å². The van der Waals surface area contributed by atoms with Gasteiger partial charge in [0, 0.05) is 6.07 Å². The van der Waals surface area contributed by atoms with E-state index in [0.29, 0.717) is 17.1 Å². The molecule has 0 radical (unpaired) electrons. The summed E-state index contributed by atoms with van der Waals surface area (Å²) in [7, 11) is 0. The van der Waals surface area contributed by atoms with E-state index in [0.717, 1.165) is 6.07 Å². The number of benzene rings is 2. The molecule has 1 atom stereocenters. The smallest absolute Gasteiger partial charge is 0.374 e. The fourth-order valence-corrected chi connectivity index (χ4v) is 2.59. The Hall–Kier alpha value is -3.83. The third kappa shape index (κ3) is 5.16. The average molecular weight is 409 g/mol. The Morgan fingerprint density at radius 1 is 1.10 bits per heavy atom. The van der Waals surface area contributed by atoms with Gasteiger partial charge in [0.05, 0.1) is 23.6 Å². The molecule has 154 valence electrons. The van der Waals surface area contributed by atoms with Crippen LogP contribution in [0.25, 0.3) is 11.0 Å². The van der Waals surface area contributed by atoms with Gasteiger partial charge in [0.15, 0.2) is 5.43 Å². The second kappa shape index (κ2) is 9.58. The largest absolute Gasteiger partial charge is 0.491 e. The van der Waals surface area contributed by atoms with Crippen LogP contribution in [0.4, 0.5) is 0 Å². The number of rotatable bonds is 8. The fraction of sp³-hybridized carbons (Fsp3) is 0.227. The molecule has 2 aromatic carbocycles. The summed E-state index contributed by atoms with van der Waals surface area (Å²) < 4.78 is 21.2. The molecule has 8 nitrogen and oxygen atoms in total. The Labute approximate surface area is 171 Å². The molecule has 1 heterocycles. The van der Waals surface area contributed by atoms with Gasteiger partial charge in [-0.2, -0.15) is 5.26 Å². The Bertz CT molecular complexity index is 1130. The van der Waals surface area contributed by atoms with E-state index in [-0.39, 0.29) is 36.6 Å². The lowest BCUT2D eigenvalue weighted by atomic mass is 10.2. The third-order valence-corrected chi connectivity index (χ3v) is 4.04. The van der Waals surface area contributed by atoms with Gasteiger partial charge in [-0.3, -0.25) is 4.79 Å². The van der Waals surface area contributed by atoms with Crippen molar-refractivity contribution >= 4 is 16.9 Å². The van der Waals surface area contributed by atoms with Crippen molar-refractivity contribution in [1.29, 1.82) is 5.26 Å². The maximum Gasteiger partial charge on any atom is 0.374 e. The number of hydrogen-bond donors (Lipinski definition) is 1. The first kappa shape index (κ1) is 20.9. The highest BCUT2D eigenvalue weighted by molar-refractivity contribution is 5.89. The molecule has 3 rings (SSSR count). The van der Waals surface area contributed by atoms with Crippen molar-refractivity contribution in [3.63, 3.8) is 0 Å². The van der Waals surface area contributed by atoms with Crippen LogP contribution in [-0.4, -0.2) is 37.0 Å². The summed E-state index contributed by atoms with van der Waals surface area (Å²) in [5, 5.41) is 19.1. The minimum Gasteiger partial charge on any atom is -0.491 e. The van der Waals surface area contributed by atoms with Crippen LogP contribution in [0, 0.1) is 11.3 Å². The second-order valence-corrected chi connectivity index (χ2v) is 6.27. The first-order valence-corrected chi connectivity index (χ1v) is 9.19. The molecule has 3 aromatic rings. The average Bonchev–Trinajstić information content (AvgIpc) is 2.76. The maximum absolute atomic E-state index is 12.3. The van der Waals surface area contributed by atoms with Crippen LogP contribution in [0.2, 0.25) is 0 Å². The molecule has 0 amide bonds. The molecule has 0 aliphatic carbocycles. The normalized spacial score (nSPS) is 11.5. The summed E-state index contributed by atoms with van der Waals surface area (Å²) >= 11 is 0. The van der Waals surface area contributed by atoms with Gasteiger partial charge in [-0.1, -0.05) is 0 Å². The van der Waals surface area contributed by atoms with Gasteiger partial charge in [-0.25, -0.2) is 4.79 Å².